The summed E-state index contributed by atoms with van der Waals surface area (Å²) in [6, 6.07) is 4.72. The third kappa shape index (κ3) is 2.96. The number of allylic oxidation sites excluding steroid dienone is 1. The minimum Gasteiger partial charge on any atom is -0.395 e. The molecule has 0 atom stereocenters. The van der Waals surface area contributed by atoms with Crippen molar-refractivity contribution >= 4 is 11.5 Å². The molecule has 0 saturated carbocycles. The van der Waals surface area contributed by atoms with Crippen LogP contribution >= 0.6 is 0 Å². The fourth-order valence-electron chi connectivity index (χ4n) is 2.21. The maximum atomic E-state index is 13.2. The van der Waals surface area contributed by atoms with Gasteiger partial charge in [-0.25, -0.2) is 4.39 Å². The van der Waals surface area contributed by atoms with E-state index in [-0.39, 0.29) is 24.9 Å². The van der Waals surface area contributed by atoms with Gasteiger partial charge in [-0.2, -0.15) is 0 Å². The van der Waals surface area contributed by atoms with E-state index in [9.17, 15) is 9.18 Å². The number of hydrogen-bond donors (Lipinski definition) is 2. The van der Waals surface area contributed by atoms with Gasteiger partial charge < -0.3 is 10.4 Å². The van der Waals surface area contributed by atoms with Crippen LogP contribution in [-0.2, 0) is 11.2 Å². The molecule has 1 aliphatic carbocycles. The summed E-state index contributed by atoms with van der Waals surface area (Å²) in [5.41, 5.74) is 2.79. The van der Waals surface area contributed by atoms with Gasteiger partial charge in [0.1, 0.15) is 5.82 Å². The standard InChI is InChI=1S/C14H16FNO2/c15-12-5-4-10-2-1-3-11(13(10)9-12)8-14(18)16-6-7-17/h4-5,8-9,17H,1-3,6-7H2,(H,16,18)/b11-8+. The number of hydrogen-bond acceptors (Lipinski definition) is 2. The van der Waals surface area contributed by atoms with Crippen LogP contribution in [0.4, 0.5) is 4.39 Å². The third-order valence-corrected chi connectivity index (χ3v) is 3.03. The molecule has 0 bridgehead atoms. The van der Waals surface area contributed by atoms with E-state index in [1.54, 1.807) is 6.07 Å². The molecular weight excluding hydrogens is 233 g/mol. The van der Waals surface area contributed by atoms with Crippen LogP contribution in [0.5, 0.6) is 0 Å². The van der Waals surface area contributed by atoms with Gasteiger partial charge in [0.25, 0.3) is 0 Å². The molecule has 4 heteroatoms. The molecule has 1 amide bonds. The highest BCUT2D eigenvalue weighted by atomic mass is 19.1. The quantitative estimate of drug-likeness (QED) is 0.800. The SMILES string of the molecule is O=C(/C=C1\CCCc2ccc(F)cc21)NCCO. The number of carbonyl (C=O) groups excluding carboxylic acids is 1. The van der Waals surface area contributed by atoms with Gasteiger partial charge in [0.15, 0.2) is 0 Å². The van der Waals surface area contributed by atoms with Gasteiger partial charge in [0.2, 0.25) is 5.91 Å². The molecule has 0 saturated heterocycles. The molecule has 0 spiro atoms. The summed E-state index contributed by atoms with van der Waals surface area (Å²) in [5, 5.41) is 11.2. The Kier molecular flexibility index (Phi) is 4.10. The maximum absolute atomic E-state index is 13.2. The molecule has 2 rings (SSSR count). The summed E-state index contributed by atoms with van der Waals surface area (Å²) in [4.78, 5) is 11.6. The number of rotatable bonds is 3. The van der Waals surface area contributed by atoms with Crippen molar-refractivity contribution in [1.82, 2.24) is 5.32 Å². The van der Waals surface area contributed by atoms with Gasteiger partial charge in [0.05, 0.1) is 6.61 Å². The lowest BCUT2D eigenvalue weighted by Crippen LogP contribution is -2.24. The van der Waals surface area contributed by atoms with Crippen molar-refractivity contribution in [2.24, 2.45) is 0 Å². The minimum atomic E-state index is -0.280. The Morgan fingerprint density at radius 3 is 3.06 bits per heavy atom. The highest BCUT2D eigenvalue weighted by molar-refractivity contribution is 5.95. The van der Waals surface area contributed by atoms with Crippen molar-refractivity contribution in [3.63, 3.8) is 0 Å². The Balaban J connectivity index is 2.23. The van der Waals surface area contributed by atoms with Crippen molar-refractivity contribution in [1.29, 1.82) is 0 Å². The molecule has 3 nitrogen and oxygen atoms in total. The molecule has 1 aromatic rings. The molecule has 0 unspecified atom stereocenters. The van der Waals surface area contributed by atoms with Gasteiger partial charge in [-0.05, 0) is 48.1 Å². The smallest absolute Gasteiger partial charge is 0.244 e. The van der Waals surface area contributed by atoms with E-state index in [0.717, 1.165) is 36.0 Å². The van der Waals surface area contributed by atoms with E-state index in [4.69, 9.17) is 5.11 Å². The monoisotopic (exact) mass is 249 g/mol. The van der Waals surface area contributed by atoms with E-state index in [1.165, 1.54) is 18.2 Å². The highest BCUT2D eigenvalue weighted by Gasteiger charge is 2.15. The van der Waals surface area contributed by atoms with Crippen molar-refractivity contribution in [2.45, 2.75) is 19.3 Å². The predicted molar refractivity (Wildman–Crippen MR) is 67.4 cm³/mol. The zero-order valence-corrected chi connectivity index (χ0v) is 10.1. The maximum Gasteiger partial charge on any atom is 0.244 e. The normalized spacial score (nSPS) is 16.4. The number of fused-ring (bicyclic) bond motifs is 1. The summed E-state index contributed by atoms with van der Waals surface area (Å²) >= 11 is 0. The van der Waals surface area contributed by atoms with Gasteiger partial charge >= 0.3 is 0 Å². The molecule has 0 radical (unpaired) electrons. The zero-order valence-electron chi connectivity index (χ0n) is 10.1. The van der Waals surface area contributed by atoms with Crippen LogP contribution in [-0.4, -0.2) is 24.2 Å². The zero-order chi connectivity index (χ0) is 13.0. The summed E-state index contributed by atoms with van der Waals surface area (Å²) in [5.74, 6) is -0.520. The van der Waals surface area contributed by atoms with Crippen LogP contribution in [0.25, 0.3) is 5.57 Å². The molecule has 18 heavy (non-hydrogen) atoms. The lowest BCUT2D eigenvalue weighted by Gasteiger charge is -2.18. The molecular formula is C14H16FNO2. The Labute approximate surface area is 105 Å². The number of halogens is 1. The van der Waals surface area contributed by atoms with Crippen LogP contribution in [0.3, 0.4) is 0 Å². The van der Waals surface area contributed by atoms with E-state index in [1.807, 2.05) is 0 Å². The Morgan fingerprint density at radius 1 is 1.44 bits per heavy atom. The summed E-state index contributed by atoms with van der Waals surface area (Å²) < 4.78 is 13.2. The van der Waals surface area contributed by atoms with Crippen molar-refractivity contribution in [3.05, 3.63) is 41.2 Å². The number of aliphatic hydroxyl groups excluding tert-OH is 1. The third-order valence-electron chi connectivity index (χ3n) is 3.03. The van der Waals surface area contributed by atoms with E-state index in [2.05, 4.69) is 5.32 Å². The van der Waals surface area contributed by atoms with Gasteiger partial charge in [-0.1, -0.05) is 6.07 Å². The Morgan fingerprint density at radius 2 is 2.28 bits per heavy atom. The molecule has 96 valence electrons. The van der Waals surface area contributed by atoms with Crippen LogP contribution in [0.2, 0.25) is 0 Å². The molecule has 0 aliphatic heterocycles. The summed E-state index contributed by atoms with van der Waals surface area (Å²) in [6.45, 7) is 0.152. The van der Waals surface area contributed by atoms with Crippen LogP contribution < -0.4 is 5.32 Å². The largest absolute Gasteiger partial charge is 0.395 e. The fourth-order valence-corrected chi connectivity index (χ4v) is 2.21. The first-order chi connectivity index (χ1) is 8.70. The molecule has 1 aromatic carbocycles. The fraction of sp³-hybridized carbons (Fsp3) is 0.357. The molecule has 0 fully saturated rings. The predicted octanol–water partition coefficient (Wildman–Crippen LogP) is 1.65. The summed E-state index contributed by atoms with van der Waals surface area (Å²) in [6.07, 6.45) is 4.18. The minimum absolute atomic E-state index is 0.0832. The van der Waals surface area contributed by atoms with Gasteiger partial charge in [-0.3, -0.25) is 4.79 Å². The van der Waals surface area contributed by atoms with Crippen molar-refractivity contribution in [2.75, 3.05) is 13.2 Å². The Bertz CT molecular complexity index is 483. The Hall–Kier alpha value is -1.68. The number of nitrogens with one attached hydrogen (secondary N) is 1. The molecule has 2 N–H and O–H groups in total. The first-order valence-electron chi connectivity index (χ1n) is 6.09. The first kappa shape index (κ1) is 12.8. The second-order valence-electron chi connectivity index (χ2n) is 4.34. The highest BCUT2D eigenvalue weighted by Crippen LogP contribution is 2.30. The molecule has 0 aromatic heterocycles. The molecule has 1 aliphatic rings. The number of benzene rings is 1. The average molecular weight is 249 g/mol. The van der Waals surface area contributed by atoms with Crippen LogP contribution in [0.1, 0.15) is 24.0 Å². The second-order valence-corrected chi connectivity index (χ2v) is 4.34. The topological polar surface area (TPSA) is 49.3 Å². The summed E-state index contributed by atoms with van der Waals surface area (Å²) in [7, 11) is 0. The van der Waals surface area contributed by atoms with Crippen LogP contribution in [0, 0.1) is 5.82 Å². The van der Waals surface area contributed by atoms with Crippen LogP contribution in [0.15, 0.2) is 24.3 Å². The van der Waals surface area contributed by atoms with Crippen molar-refractivity contribution in [3.8, 4) is 0 Å². The van der Waals surface area contributed by atoms with E-state index in [0.29, 0.717) is 0 Å². The molecule has 0 heterocycles. The lowest BCUT2D eigenvalue weighted by atomic mass is 9.87. The van der Waals surface area contributed by atoms with Gasteiger partial charge in [0, 0.05) is 12.6 Å². The van der Waals surface area contributed by atoms with Gasteiger partial charge in [-0.15, -0.1) is 0 Å². The number of aryl methyl sites for hydroxylation is 1. The van der Waals surface area contributed by atoms with Crippen molar-refractivity contribution < 1.29 is 14.3 Å². The number of carbonyl (C=O) groups is 1. The lowest BCUT2D eigenvalue weighted by molar-refractivity contribution is -0.116. The van der Waals surface area contributed by atoms with E-state index >= 15 is 0 Å². The van der Waals surface area contributed by atoms with E-state index < -0.39 is 0 Å². The number of aliphatic hydroxyl groups is 1. The number of amides is 1. The average Bonchev–Trinajstić information content (AvgIpc) is 2.37. The second kappa shape index (κ2) is 5.78. The first-order valence-corrected chi connectivity index (χ1v) is 6.09.